The quantitative estimate of drug-likeness (QED) is 0.584. The van der Waals surface area contributed by atoms with E-state index in [2.05, 4.69) is 20.8 Å². The molecule has 0 aromatic heterocycles. The average Bonchev–Trinajstić information content (AvgIpc) is 2.04. The summed E-state index contributed by atoms with van der Waals surface area (Å²) in [6, 6.07) is 0. The van der Waals surface area contributed by atoms with Crippen LogP contribution in [-0.2, 0) is 4.74 Å². The van der Waals surface area contributed by atoms with E-state index in [0.717, 1.165) is 5.92 Å². The van der Waals surface area contributed by atoms with Crippen molar-refractivity contribution in [1.82, 2.24) is 0 Å². The average molecular weight is 168 g/mol. The highest BCUT2D eigenvalue weighted by Gasteiger charge is 2.49. The molecule has 0 N–H and O–H groups in total. The molecule has 2 bridgehead atoms. The van der Waals surface area contributed by atoms with Gasteiger partial charge in [-0.15, -0.1) is 0 Å². The van der Waals surface area contributed by atoms with E-state index in [-0.39, 0.29) is 11.2 Å². The highest BCUT2D eigenvalue weighted by Crippen LogP contribution is 2.50. The van der Waals surface area contributed by atoms with Crippen molar-refractivity contribution < 1.29 is 4.74 Å². The minimum absolute atomic E-state index is 0.200. The van der Waals surface area contributed by atoms with Crippen LogP contribution in [0, 0.1) is 5.92 Å². The van der Waals surface area contributed by atoms with Gasteiger partial charge in [0.05, 0.1) is 11.2 Å². The van der Waals surface area contributed by atoms with Gasteiger partial charge in [-0.1, -0.05) is 6.92 Å². The summed E-state index contributed by atoms with van der Waals surface area (Å²) in [5, 5.41) is 0. The van der Waals surface area contributed by atoms with E-state index in [1.165, 1.54) is 32.1 Å². The molecule has 0 aromatic rings. The molecule has 3 rings (SSSR count). The van der Waals surface area contributed by atoms with Crippen LogP contribution in [0.15, 0.2) is 0 Å². The van der Waals surface area contributed by atoms with Gasteiger partial charge in [0.25, 0.3) is 0 Å². The Morgan fingerprint density at radius 1 is 1.25 bits per heavy atom. The molecule has 0 aromatic carbocycles. The Balaban J connectivity index is 2.21. The van der Waals surface area contributed by atoms with Gasteiger partial charge in [-0.2, -0.15) is 0 Å². The number of ether oxygens (including phenoxy) is 1. The third-order valence-electron chi connectivity index (χ3n) is 4.09. The lowest BCUT2D eigenvalue weighted by atomic mass is 9.67. The largest absolute Gasteiger partial charge is 0.369 e. The Hall–Kier alpha value is -0.0400. The van der Waals surface area contributed by atoms with Crippen LogP contribution < -0.4 is 0 Å². The molecule has 2 saturated heterocycles. The lowest BCUT2D eigenvalue weighted by Crippen LogP contribution is -2.55. The van der Waals surface area contributed by atoms with Crippen LogP contribution in [0.2, 0.25) is 0 Å². The van der Waals surface area contributed by atoms with Gasteiger partial charge in [0.15, 0.2) is 0 Å². The fourth-order valence-electron chi connectivity index (χ4n) is 2.95. The van der Waals surface area contributed by atoms with Gasteiger partial charge < -0.3 is 4.74 Å². The molecule has 2 aliphatic heterocycles. The first-order valence-electron chi connectivity index (χ1n) is 5.28. The van der Waals surface area contributed by atoms with E-state index < -0.39 is 0 Å². The zero-order chi connectivity index (χ0) is 8.82. The molecule has 1 unspecified atom stereocenters. The van der Waals surface area contributed by atoms with E-state index in [0.29, 0.717) is 0 Å². The van der Waals surface area contributed by atoms with Crippen LogP contribution in [0.3, 0.4) is 0 Å². The van der Waals surface area contributed by atoms with Crippen molar-refractivity contribution >= 4 is 0 Å². The normalized spacial score (nSPS) is 52.8. The van der Waals surface area contributed by atoms with Gasteiger partial charge in [-0.05, 0) is 51.9 Å². The predicted molar refractivity (Wildman–Crippen MR) is 50.1 cm³/mol. The van der Waals surface area contributed by atoms with Gasteiger partial charge in [0, 0.05) is 0 Å². The van der Waals surface area contributed by atoms with Gasteiger partial charge in [-0.3, -0.25) is 0 Å². The molecule has 0 spiro atoms. The summed E-state index contributed by atoms with van der Waals surface area (Å²) >= 11 is 0. The van der Waals surface area contributed by atoms with Crippen molar-refractivity contribution in [2.45, 2.75) is 64.1 Å². The summed E-state index contributed by atoms with van der Waals surface area (Å²) in [7, 11) is 0. The molecule has 12 heavy (non-hydrogen) atoms. The highest BCUT2D eigenvalue weighted by atomic mass is 16.5. The number of fused-ring (bicyclic) bond motifs is 3. The van der Waals surface area contributed by atoms with Crippen LogP contribution in [0.25, 0.3) is 0 Å². The van der Waals surface area contributed by atoms with Gasteiger partial charge >= 0.3 is 0 Å². The Morgan fingerprint density at radius 3 is 2.17 bits per heavy atom. The number of rotatable bonds is 1. The molecule has 70 valence electrons. The second-order valence-corrected chi connectivity index (χ2v) is 4.99. The first-order chi connectivity index (χ1) is 5.58. The zero-order valence-electron chi connectivity index (χ0n) is 8.52. The van der Waals surface area contributed by atoms with Crippen LogP contribution in [0.5, 0.6) is 0 Å². The molecular weight excluding hydrogens is 148 g/mol. The van der Waals surface area contributed by atoms with Crippen LogP contribution in [-0.4, -0.2) is 11.2 Å². The van der Waals surface area contributed by atoms with Crippen LogP contribution in [0.1, 0.15) is 52.9 Å². The van der Waals surface area contributed by atoms with E-state index in [1.807, 2.05) is 0 Å². The summed E-state index contributed by atoms with van der Waals surface area (Å²) < 4.78 is 6.21. The molecule has 1 atom stereocenters. The minimum atomic E-state index is 0.200. The van der Waals surface area contributed by atoms with E-state index >= 15 is 0 Å². The van der Waals surface area contributed by atoms with Gasteiger partial charge in [0.1, 0.15) is 0 Å². The highest BCUT2D eigenvalue weighted by molar-refractivity contribution is 4.99. The fraction of sp³-hybridized carbons (Fsp3) is 1.00. The van der Waals surface area contributed by atoms with Crippen molar-refractivity contribution in [2.75, 3.05) is 0 Å². The van der Waals surface area contributed by atoms with E-state index in [4.69, 9.17) is 4.74 Å². The third kappa shape index (κ3) is 1.10. The van der Waals surface area contributed by atoms with Crippen molar-refractivity contribution in [2.24, 2.45) is 5.92 Å². The lowest BCUT2D eigenvalue weighted by molar-refractivity contribution is -0.239. The molecule has 1 heteroatoms. The van der Waals surface area contributed by atoms with E-state index in [9.17, 15) is 0 Å². The summed E-state index contributed by atoms with van der Waals surface area (Å²) in [6.07, 6.45) is 6.52. The van der Waals surface area contributed by atoms with Crippen molar-refractivity contribution in [3.63, 3.8) is 0 Å². The maximum absolute atomic E-state index is 6.21. The van der Waals surface area contributed by atoms with Crippen molar-refractivity contribution in [3.05, 3.63) is 0 Å². The molecule has 3 aliphatic rings. The summed E-state index contributed by atoms with van der Waals surface area (Å²) in [5.74, 6) is 0.837. The second kappa shape index (κ2) is 2.47. The lowest BCUT2D eigenvalue weighted by Gasteiger charge is -2.55. The Morgan fingerprint density at radius 2 is 1.83 bits per heavy atom. The summed E-state index contributed by atoms with van der Waals surface area (Å²) in [5.41, 5.74) is 0.421. The van der Waals surface area contributed by atoms with Crippen LogP contribution in [0.4, 0.5) is 0 Å². The molecule has 3 fully saturated rings. The predicted octanol–water partition coefficient (Wildman–Crippen LogP) is 3.13. The van der Waals surface area contributed by atoms with Gasteiger partial charge in [-0.25, -0.2) is 0 Å². The minimum Gasteiger partial charge on any atom is -0.369 e. The molecular formula is C11H20O. The molecule has 1 nitrogen and oxygen atoms in total. The SMILES string of the molecule is CCC1(C)OC2(C)CCC1CC2. The topological polar surface area (TPSA) is 9.23 Å². The molecule has 0 amide bonds. The zero-order valence-corrected chi connectivity index (χ0v) is 8.52. The second-order valence-electron chi connectivity index (χ2n) is 4.99. The van der Waals surface area contributed by atoms with Crippen molar-refractivity contribution in [3.8, 4) is 0 Å². The van der Waals surface area contributed by atoms with Crippen molar-refractivity contribution in [1.29, 1.82) is 0 Å². The third-order valence-corrected chi connectivity index (χ3v) is 4.09. The standard InChI is InChI=1S/C11H20O/c1-4-11(3)9-5-7-10(2,12-11)8-6-9/h9H,4-8H2,1-3H3. The number of hydrogen-bond donors (Lipinski definition) is 0. The molecule has 0 radical (unpaired) electrons. The van der Waals surface area contributed by atoms with E-state index in [1.54, 1.807) is 0 Å². The Labute approximate surface area is 75.5 Å². The maximum Gasteiger partial charge on any atom is 0.0687 e. The first kappa shape index (κ1) is 8.55. The molecule has 2 heterocycles. The fourth-order valence-corrected chi connectivity index (χ4v) is 2.95. The summed E-state index contributed by atoms with van der Waals surface area (Å²) in [4.78, 5) is 0. The molecule has 1 aliphatic carbocycles. The summed E-state index contributed by atoms with van der Waals surface area (Å²) in [6.45, 7) is 6.84. The Bertz CT molecular complexity index is 179. The molecule has 1 saturated carbocycles. The van der Waals surface area contributed by atoms with Gasteiger partial charge in [0.2, 0.25) is 0 Å². The first-order valence-corrected chi connectivity index (χ1v) is 5.28. The monoisotopic (exact) mass is 168 g/mol. The maximum atomic E-state index is 6.21. The Kier molecular flexibility index (Phi) is 1.76. The smallest absolute Gasteiger partial charge is 0.0687 e. The number of hydrogen-bond acceptors (Lipinski definition) is 1. The van der Waals surface area contributed by atoms with Crippen LogP contribution >= 0.6 is 0 Å².